The van der Waals surface area contributed by atoms with Gasteiger partial charge in [-0.05, 0) is 43.9 Å². The minimum atomic E-state index is -1.25. The Morgan fingerprint density at radius 1 is 0.895 bits per heavy atom. The number of nitrogens with zero attached hydrogens (tertiary/aromatic N) is 2. The van der Waals surface area contributed by atoms with E-state index in [0.29, 0.717) is 19.5 Å². The summed E-state index contributed by atoms with van der Waals surface area (Å²) in [4.78, 5) is 16.5. The number of carbonyl (C=O) groups excluding carboxylic acids is 1. The smallest absolute Gasteiger partial charge is 0.414 e. The average molecular weight is 517 g/mol. The third-order valence-corrected chi connectivity index (χ3v) is 6.60. The monoisotopic (exact) mass is 516 g/mol. The average Bonchev–Trinajstić information content (AvgIpc) is 3.29. The second-order valence-corrected chi connectivity index (χ2v) is 10.8. The lowest BCUT2D eigenvalue weighted by atomic mass is 9.95. The Morgan fingerprint density at radius 3 is 1.84 bits per heavy atom. The van der Waals surface area contributed by atoms with Crippen LogP contribution in [0.15, 0.2) is 103 Å². The molecule has 6 heteroatoms. The number of benzene rings is 3. The highest BCUT2D eigenvalue weighted by Gasteiger charge is 2.40. The van der Waals surface area contributed by atoms with Crippen LogP contribution in [0.5, 0.6) is 0 Å². The quantitative estimate of drug-likeness (QED) is 0.354. The SMILES string of the molecule is CC(C)(C)OC(=O)N1CCC(F)=C1C(O)C(Cc1ccccc1)N(Cc1ccccc1)Cc1ccccc1. The number of rotatable bonds is 9. The van der Waals surface area contributed by atoms with Gasteiger partial charge in [0.25, 0.3) is 0 Å². The van der Waals surface area contributed by atoms with E-state index in [9.17, 15) is 9.90 Å². The fourth-order valence-corrected chi connectivity index (χ4v) is 4.84. The number of amides is 1. The molecule has 5 nitrogen and oxygen atoms in total. The van der Waals surface area contributed by atoms with Crippen LogP contribution in [0, 0.1) is 0 Å². The van der Waals surface area contributed by atoms with E-state index in [1.165, 1.54) is 4.90 Å². The summed E-state index contributed by atoms with van der Waals surface area (Å²) < 4.78 is 20.9. The molecule has 4 rings (SSSR count). The molecule has 1 amide bonds. The van der Waals surface area contributed by atoms with Crippen molar-refractivity contribution >= 4 is 6.09 Å². The molecule has 3 aromatic rings. The number of hydrogen-bond donors (Lipinski definition) is 1. The molecule has 0 aromatic heterocycles. The van der Waals surface area contributed by atoms with E-state index >= 15 is 4.39 Å². The van der Waals surface area contributed by atoms with Crippen LogP contribution in [0.1, 0.15) is 43.9 Å². The highest BCUT2D eigenvalue weighted by Crippen LogP contribution is 2.32. The molecule has 1 aliphatic rings. The molecule has 0 spiro atoms. The van der Waals surface area contributed by atoms with Gasteiger partial charge in [-0.1, -0.05) is 91.0 Å². The summed E-state index contributed by atoms with van der Waals surface area (Å²) in [7, 11) is 0. The second kappa shape index (κ2) is 12.4. The third-order valence-electron chi connectivity index (χ3n) is 6.60. The summed E-state index contributed by atoms with van der Waals surface area (Å²) in [6.07, 6.45) is -1.37. The minimum Gasteiger partial charge on any atom is -0.443 e. The molecular weight excluding hydrogens is 479 g/mol. The lowest BCUT2D eigenvalue weighted by Gasteiger charge is -2.37. The zero-order valence-corrected chi connectivity index (χ0v) is 22.4. The van der Waals surface area contributed by atoms with Crippen molar-refractivity contribution in [2.45, 2.75) is 64.4 Å². The van der Waals surface area contributed by atoms with Crippen LogP contribution in [0.3, 0.4) is 0 Å². The highest BCUT2D eigenvalue weighted by molar-refractivity contribution is 5.71. The topological polar surface area (TPSA) is 53.0 Å². The van der Waals surface area contributed by atoms with Crippen LogP contribution >= 0.6 is 0 Å². The Morgan fingerprint density at radius 2 is 1.37 bits per heavy atom. The molecule has 200 valence electrons. The molecule has 1 N–H and O–H groups in total. The predicted molar refractivity (Wildman–Crippen MR) is 148 cm³/mol. The Hall–Kier alpha value is -3.48. The molecule has 0 saturated heterocycles. The fraction of sp³-hybridized carbons (Fsp3) is 0.344. The zero-order valence-electron chi connectivity index (χ0n) is 22.4. The maximum Gasteiger partial charge on any atom is 0.414 e. The molecule has 3 aromatic carbocycles. The van der Waals surface area contributed by atoms with Gasteiger partial charge in [0.05, 0.1) is 5.70 Å². The van der Waals surface area contributed by atoms with Gasteiger partial charge in [-0.2, -0.15) is 0 Å². The van der Waals surface area contributed by atoms with Crippen LogP contribution in [0.25, 0.3) is 0 Å². The maximum absolute atomic E-state index is 15.3. The maximum atomic E-state index is 15.3. The zero-order chi connectivity index (χ0) is 27.1. The molecule has 1 aliphatic heterocycles. The normalized spacial score (nSPS) is 15.6. The molecule has 0 aliphatic carbocycles. The molecular formula is C32H37FN2O3. The Bertz CT molecular complexity index is 1170. The van der Waals surface area contributed by atoms with Crippen LogP contribution in [-0.2, 0) is 24.2 Å². The van der Waals surface area contributed by atoms with Gasteiger partial charge >= 0.3 is 6.09 Å². The van der Waals surface area contributed by atoms with Crippen molar-refractivity contribution in [1.82, 2.24) is 9.80 Å². The lowest BCUT2D eigenvalue weighted by molar-refractivity contribution is 0.0155. The van der Waals surface area contributed by atoms with Crippen molar-refractivity contribution in [3.05, 3.63) is 119 Å². The van der Waals surface area contributed by atoms with Crippen molar-refractivity contribution in [3.8, 4) is 0 Å². The molecule has 0 saturated carbocycles. The van der Waals surface area contributed by atoms with Gasteiger partial charge in [0.2, 0.25) is 0 Å². The van der Waals surface area contributed by atoms with Crippen molar-refractivity contribution in [1.29, 1.82) is 0 Å². The molecule has 1 heterocycles. The summed E-state index contributed by atoms with van der Waals surface area (Å²) >= 11 is 0. The van der Waals surface area contributed by atoms with Crippen LogP contribution in [-0.4, -0.2) is 45.3 Å². The first kappa shape index (κ1) is 27.6. The van der Waals surface area contributed by atoms with E-state index in [2.05, 4.69) is 4.90 Å². The van der Waals surface area contributed by atoms with Gasteiger partial charge < -0.3 is 9.84 Å². The number of halogens is 1. The highest BCUT2D eigenvalue weighted by atomic mass is 19.1. The number of carbonyl (C=O) groups is 1. The van der Waals surface area contributed by atoms with E-state index < -0.39 is 29.7 Å². The van der Waals surface area contributed by atoms with Gasteiger partial charge in [0.1, 0.15) is 17.5 Å². The predicted octanol–water partition coefficient (Wildman–Crippen LogP) is 6.48. The molecule has 0 bridgehead atoms. The first-order valence-corrected chi connectivity index (χ1v) is 13.1. The van der Waals surface area contributed by atoms with Gasteiger partial charge in [-0.15, -0.1) is 0 Å². The Balaban J connectivity index is 1.72. The largest absolute Gasteiger partial charge is 0.443 e. The van der Waals surface area contributed by atoms with Crippen molar-refractivity contribution in [2.24, 2.45) is 0 Å². The van der Waals surface area contributed by atoms with Crippen molar-refractivity contribution in [3.63, 3.8) is 0 Å². The summed E-state index contributed by atoms with van der Waals surface area (Å²) in [6.45, 7) is 6.56. The van der Waals surface area contributed by atoms with Crippen LogP contribution in [0.2, 0.25) is 0 Å². The molecule has 2 unspecified atom stereocenters. The number of ether oxygens (including phenoxy) is 1. The van der Waals surface area contributed by atoms with E-state index in [-0.39, 0.29) is 18.7 Å². The van der Waals surface area contributed by atoms with Gasteiger partial charge in [0, 0.05) is 32.1 Å². The van der Waals surface area contributed by atoms with Crippen LogP contribution < -0.4 is 0 Å². The van der Waals surface area contributed by atoms with E-state index in [1.807, 2.05) is 91.0 Å². The Labute approximate surface area is 225 Å². The van der Waals surface area contributed by atoms with E-state index in [0.717, 1.165) is 16.7 Å². The molecule has 0 fully saturated rings. The second-order valence-electron chi connectivity index (χ2n) is 10.8. The summed E-state index contributed by atoms with van der Waals surface area (Å²) in [5, 5.41) is 11.9. The summed E-state index contributed by atoms with van der Waals surface area (Å²) in [5.74, 6) is -0.471. The summed E-state index contributed by atoms with van der Waals surface area (Å²) in [6, 6.07) is 29.5. The fourth-order valence-electron chi connectivity index (χ4n) is 4.84. The van der Waals surface area contributed by atoms with E-state index in [4.69, 9.17) is 4.74 Å². The van der Waals surface area contributed by atoms with Crippen molar-refractivity contribution in [2.75, 3.05) is 6.54 Å². The molecule has 0 radical (unpaired) electrons. The number of aliphatic hydroxyl groups is 1. The van der Waals surface area contributed by atoms with E-state index in [1.54, 1.807) is 20.8 Å². The van der Waals surface area contributed by atoms with Crippen LogP contribution in [0.4, 0.5) is 9.18 Å². The third kappa shape index (κ3) is 7.30. The van der Waals surface area contributed by atoms with Gasteiger partial charge in [-0.25, -0.2) is 9.18 Å². The summed E-state index contributed by atoms with van der Waals surface area (Å²) in [5.41, 5.74) is 2.46. The minimum absolute atomic E-state index is 0.00584. The number of hydrogen-bond acceptors (Lipinski definition) is 4. The standard InChI is InChI=1S/C32H37FN2O3/c1-32(2,3)38-31(37)35-20-19-27(33)29(35)30(36)28(21-24-13-7-4-8-14-24)34(22-25-15-9-5-10-16-25)23-26-17-11-6-12-18-26/h4-18,28,30,36H,19-23H2,1-3H3. The molecule has 38 heavy (non-hydrogen) atoms. The van der Waals surface area contributed by atoms with Crippen molar-refractivity contribution < 1.29 is 19.0 Å². The first-order chi connectivity index (χ1) is 18.2. The number of aliphatic hydroxyl groups excluding tert-OH is 1. The Kier molecular flexibility index (Phi) is 8.97. The first-order valence-electron chi connectivity index (χ1n) is 13.1. The molecule has 2 atom stereocenters. The van der Waals surface area contributed by atoms with Gasteiger partial charge in [0.15, 0.2) is 0 Å². The lowest BCUT2D eigenvalue weighted by Crippen LogP contribution is -2.48. The van der Waals surface area contributed by atoms with Gasteiger partial charge in [-0.3, -0.25) is 9.80 Å².